The third-order valence-electron chi connectivity index (χ3n) is 2.80. The minimum Gasteiger partial charge on any atom is -0.465 e. The second-order valence-electron chi connectivity index (χ2n) is 4.14. The highest BCUT2D eigenvalue weighted by Crippen LogP contribution is 2.29. The molecule has 0 saturated heterocycles. The number of anilines is 1. The Morgan fingerprint density at radius 3 is 2.52 bits per heavy atom. The van der Waals surface area contributed by atoms with Gasteiger partial charge in [0.25, 0.3) is 5.69 Å². The molecule has 0 aliphatic rings. The molecule has 0 spiro atoms. The minimum atomic E-state index is -0.696. The van der Waals surface area contributed by atoms with Crippen LogP contribution in [0.5, 0.6) is 0 Å². The van der Waals surface area contributed by atoms with E-state index in [0.717, 1.165) is 0 Å². The number of hydrogen-bond donors (Lipinski definition) is 1. The number of hydrogen-bond acceptors (Lipinski definition) is 6. The van der Waals surface area contributed by atoms with Crippen LogP contribution in [0.3, 0.4) is 0 Å². The van der Waals surface area contributed by atoms with E-state index in [9.17, 15) is 19.7 Å². The number of nitrogens with two attached hydrogens (primary N) is 1. The summed E-state index contributed by atoms with van der Waals surface area (Å²) in [6, 6.07) is 3.79. The fraction of sp³-hybridized carbons (Fsp3) is 0.385. The molecule has 1 rings (SSSR count). The summed E-state index contributed by atoms with van der Waals surface area (Å²) in [5, 5.41) is 11.1. The summed E-state index contributed by atoms with van der Waals surface area (Å²) in [4.78, 5) is 34.7. The van der Waals surface area contributed by atoms with Gasteiger partial charge in [0.05, 0.1) is 11.5 Å². The first-order chi connectivity index (χ1) is 9.90. The fourth-order valence-corrected chi connectivity index (χ4v) is 1.81. The van der Waals surface area contributed by atoms with Crippen molar-refractivity contribution in [2.24, 2.45) is 5.73 Å². The first-order valence-corrected chi connectivity index (χ1v) is 6.39. The Morgan fingerprint density at radius 2 is 2.05 bits per heavy atom. The highest BCUT2D eigenvalue weighted by Gasteiger charge is 2.22. The average Bonchev–Trinajstić information content (AvgIpc) is 2.44. The quantitative estimate of drug-likeness (QED) is 0.457. The normalized spacial score (nSPS) is 10.0. The van der Waals surface area contributed by atoms with Crippen LogP contribution in [-0.4, -0.2) is 36.5 Å². The second-order valence-corrected chi connectivity index (χ2v) is 4.14. The van der Waals surface area contributed by atoms with E-state index < -0.39 is 16.8 Å². The highest BCUT2D eigenvalue weighted by atomic mass is 16.6. The number of nitro benzene ring substituents is 1. The molecule has 2 N–H and O–H groups in total. The Bertz CT molecular complexity index is 559. The number of benzene rings is 1. The number of nitro groups is 1. The first kappa shape index (κ1) is 16.4. The molecule has 0 radical (unpaired) electrons. The molecule has 8 nitrogen and oxygen atoms in total. The van der Waals surface area contributed by atoms with Gasteiger partial charge < -0.3 is 15.4 Å². The topological polar surface area (TPSA) is 116 Å². The standard InChI is InChI=1S/C13H17N3O5/c1-3-15(8-12(17)21-4-2)11-7-9(13(14)18)5-6-10(11)16(19)20/h5-7H,3-4,8H2,1-2H3,(H2,14,18). The minimum absolute atomic E-state index is 0.137. The first-order valence-electron chi connectivity index (χ1n) is 6.39. The molecule has 0 fully saturated rings. The van der Waals surface area contributed by atoms with Crippen LogP contribution in [0.2, 0.25) is 0 Å². The van der Waals surface area contributed by atoms with Gasteiger partial charge in [-0.25, -0.2) is 0 Å². The fourth-order valence-electron chi connectivity index (χ4n) is 1.81. The maximum Gasteiger partial charge on any atom is 0.325 e. The molecular weight excluding hydrogens is 278 g/mol. The maximum atomic E-state index is 11.6. The van der Waals surface area contributed by atoms with Gasteiger partial charge in [-0.2, -0.15) is 0 Å². The summed E-state index contributed by atoms with van der Waals surface area (Å²) in [5.74, 6) is -1.20. The van der Waals surface area contributed by atoms with Crippen molar-refractivity contribution in [1.29, 1.82) is 0 Å². The van der Waals surface area contributed by atoms with Crippen LogP contribution in [0.25, 0.3) is 0 Å². The van der Waals surface area contributed by atoms with E-state index in [0.29, 0.717) is 6.54 Å². The third kappa shape index (κ3) is 4.16. The van der Waals surface area contributed by atoms with E-state index in [1.807, 2.05) is 0 Å². The average molecular weight is 295 g/mol. The van der Waals surface area contributed by atoms with E-state index in [4.69, 9.17) is 10.5 Å². The number of likely N-dealkylation sites (N-methyl/N-ethyl adjacent to an activating group) is 1. The van der Waals surface area contributed by atoms with Crippen molar-refractivity contribution in [3.05, 3.63) is 33.9 Å². The molecule has 21 heavy (non-hydrogen) atoms. The summed E-state index contributed by atoms with van der Waals surface area (Å²) in [7, 11) is 0. The van der Waals surface area contributed by atoms with Crippen molar-refractivity contribution < 1.29 is 19.2 Å². The van der Waals surface area contributed by atoms with E-state index in [1.165, 1.54) is 23.1 Å². The second kappa shape index (κ2) is 7.22. The van der Waals surface area contributed by atoms with Crippen LogP contribution in [0.15, 0.2) is 18.2 Å². The van der Waals surface area contributed by atoms with Gasteiger partial charge in [-0.15, -0.1) is 0 Å². The third-order valence-corrected chi connectivity index (χ3v) is 2.80. The Morgan fingerprint density at radius 1 is 1.38 bits per heavy atom. The Balaban J connectivity index is 3.21. The van der Waals surface area contributed by atoms with E-state index in [-0.39, 0.29) is 30.1 Å². The molecule has 0 bridgehead atoms. The number of nitrogens with zero attached hydrogens (tertiary/aromatic N) is 2. The smallest absolute Gasteiger partial charge is 0.325 e. The summed E-state index contributed by atoms with van der Waals surface area (Å²) >= 11 is 0. The van der Waals surface area contributed by atoms with Gasteiger partial charge in [0, 0.05) is 18.2 Å². The molecule has 1 aromatic rings. The van der Waals surface area contributed by atoms with Crippen molar-refractivity contribution in [2.45, 2.75) is 13.8 Å². The summed E-state index contributed by atoms with van der Waals surface area (Å²) < 4.78 is 4.83. The summed E-state index contributed by atoms with van der Waals surface area (Å²) in [5.41, 5.74) is 5.27. The summed E-state index contributed by atoms with van der Waals surface area (Å²) in [6.07, 6.45) is 0. The lowest BCUT2D eigenvalue weighted by Gasteiger charge is -2.22. The highest BCUT2D eigenvalue weighted by molar-refractivity contribution is 5.95. The molecule has 0 aromatic heterocycles. The molecule has 1 amide bonds. The SMILES string of the molecule is CCOC(=O)CN(CC)c1cc(C(N)=O)ccc1[N+](=O)[O-]. The van der Waals surface area contributed by atoms with Gasteiger partial charge in [-0.3, -0.25) is 19.7 Å². The van der Waals surface area contributed by atoms with Crippen LogP contribution in [0, 0.1) is 10.1 Å². The molecule has 1 aromatic carbocycles. The molecule has 0 saturated carbocycles. The van der Waals surface area contributed by atoms with Crippen molar-refractivity contribution in [3.63, 3.8) is 0 Å². The number of amides is 1. The largest absolute Gasteiger partial charge is 0.465 e. The summed E-state index contributed by atoms with van der Waals surface area (Å²) in [6.45, 7) is 3.82. The maximum absolute atomic E-state index is 11.6. The molecule has 114 valence electrons. The zero-order valence-corrected chi connectivity index (χ0v) is 11.9. The van der Waals surface area contributed by atoms with Crippen LogP contribution < -0.4 is 10.6 Å². The van der Waals surface area contributed by atoms with Gasteiger partial charge >= 0.3 is 5.97 Å². The number of rotatable bonds is 7. The van der Waals surface area contributed by atoms with E-state index in [1.54, 1.807) is 13.8 Å². The number of carbonyl (C=O) groups is 2. The Hall–Kier alpha value is -2.64. The van der Waals surface area contributed by atoms with Crippen LogP contribution in [0.4, 0.5) is 11.4 Å². The predicted octanol–water partition coefficient (Wildman–Crippen LogP) is 1.08. The number of primary amides is 1. The molecule has 0 aliphatic heterocycles. The van der Waals surface area contributed by atoms with Crippen molar-refractivity contribution in [3.8, 4) is 0 Å². The predicted molar refractivity (Wildman–Crippen MR) is 76.1 cm³/mol. The zero-order chi connectivity index (χ0) is 16.0. The van der Waals surface area contributed by atoms with E-state index >= 15 is 0 Å². The molecule has 0 heterocycles. The molecule has 0 atom stereocenters. The van der Waals surface area contributed by atoms with Gasteiger partial charge in [0.1, 0.15) is 12.2 Å². The lowest BCUT2D eigenvalue weighted by atomic mass is 10.1. The zero-order valence-electron chi connectivity index (χ0n) is 11.9. The van der Waals surface area contributed by atoms with Gasteiger partial charge in [0.2, 0.25) is 5.91 Å². The van der Waals surface area contributed by atoms with Gasteiger partial charge in [-0.1, -0.05) is 0 Å². The molecular formula is C13H17N3O5. The van der Waals surface area contributed by atoms with E-state index in [2.05, 4.69) is 0 Å². The Kier molecular flexibility index (Phi) is 5.65. The van der Waals surface area contributed by atoms with Crippen LogP contribution in [-0.2, 0) is 9.53 Å². The van der Waals surface area contributed by atoms with Crippen LogP contribution >= 0.6 is 0 Å². The lowest BCUT2D eigenvalue weighted by Crippen LogP contribution is -2.31. The lowest BCUT2D eigenvalue weighted by molar-refractivity contribution is -0.384. The van der Waals surface area contributed by atoms with Gasteiger partial charge in [-0.05, 0) is 26.0 Å². The van der Waals surface area contributed by atoms with Crippen LogP contribution in [0.1, 0.15) is 24.2 Å². The molecule has 0 aliphatic carbocycles. The van der Waals surface area contributed by atoms with Gasteiger partial charge in [0.15, 0.2) is 0 Å². The number of esters is 1. The van der Waals surface area contributed by atoms with Crippen molar-refractivity contribution in [2.75, 3.05) is 24.6 Å². The Labute approximate surface area is 121 Å². The monoisotopic (exact) mass is 295 g/mol. The molecule has 8 heteroatoms. The van der Waals surface area contributed by atoms with Crippen molar-refractivity contribution in [1.82, 2.24) is 0 Å². The van der Waals surface area contributed by atoms with Crippen molar-refractivity contribution >= 4 is 23.3 Å². The molecule has 0 unspecified atom stereocenters. The number of carbonyl (C=O) groups excluding carboxylic acids is 2. The number of ether oxygens (including phenoxy) is 1.